The SMILES string of the molecule is NOC(=O)C(Cc1c[nH]c2ccccc12)NC(=O)C(Cc1ccc(O)cc1)NC(=O)COc1ccccc1. The van der Waals surface area contributed by atoms with E-state index in [-0.39, 0.29) is 25.2 Å². The zero-order valence-corrected chi connectivity index (χ0v) is 20.4. The first-order chi connectivity index (χ1) is 18.4. The van der Waals surface area contributed by atoms with Crippen LogP contribution >= 0.6 is 0 Å². The second kappa shape index (κ2) is 12.4. The van der Waals surface area contributed by atoms with E-state index in [0.29, 0.717) is 11.3 Å². The fourth-order valence-corrected chi connectivity index (χ4v) is 4.05. The Kier molecular flexibility index (Phi) is 8.57. The van der Waals surface area contributed by atoms with Crippen molar-refractivity contribution in [2.45, 2.75) is 24.9 Å². The maximum atomic E-state index is 13.4. The highest BCUT2D eigenvalue weighted by atomic mass is 16.7. The maximum Gasteiger partial charge on any atom is 0.347 e. The van der Waals surface area contributed by atoms with Crippen LogP contribution in [0.2, 0.25) is 0 Å². The Morgan fingerprint density at radius 1 is 0.868 bits per heavy atom. The van der Waals surface area contributed by atoms with Gasteiger partial charge in [0.1, 0.15) is 23.6 Å². The Hall–Kier alpha value is -4.83. The van der Waals surface area contributed by atoms with Gasteiger partial charge in [-0.25, -0.2) is 4.79 Å². The molecule has 0 spiro atoms. The van der Waals surface area contributed by atoms with Crippen LogP contribution in [0.4, 0.5) is 0 Å². The molecular formula is C28H28N4O6. The number of phenols is 1. The number of para-hydroxylation sites is 2. The number of H-pyrrole nitrogens is 1. The van der Waals surface area contributed by atoms with Crippen LogP contribution in [-0.2, 0) is 32.1 Å². The lowest BCUT2D eigenvalue weighted by molar-refractivity contribution is -0.148. The van der Waals surface area contributed by atoms with Crippen molar-refractivity contribution in [3.05, 3.63) is 96.2 Å². The molecule has 2 atom stereocenters. The number of carbonyl (C=O) groups is 3. The number of nitrogens with one attached hydrogen (secondary N) is 3. The third-order valence-electron chi connectivity index (χ3n) is 5.96. The van der Waals surface area contributed by atoms with Crippen LogP contribution in [0.25, 0.3) is 10.9 Å². The van der Waals surface area contributed by atoms with E-state index in [4.69, 9.17) is 10.6 Å². The normalized spacial score (nSPS) is 12.3. The van der Waals surface area contributed by atoms with Crippen molar-refractivity contribution in [2.24, 2.45) is 5.90 Å². The average Bonchev–Trinajstić information content (AvgIpc) is 3.35. The van der Waals surface area contributed by atoms with E-state index in [0.717, 1.165) is 16.5 Å². The summed E-state index contributed by atoms with van der Waals surface area (Å²) in [5.41, 5.74) is 2.35. The van der Waals surface area contributed by atoms with Crippen LogP contribution in [0.15, 0.2) is 85.1 Å². The Morgan fingerprint density at radius 2 is 1.58 bits per heavy atom. The molecule has 38 heavy (non-hydrogen) atoms. The maximum absolute atomic E-state index is 13.4. The quantitative estimate of drug-likeness (QED) is 0.191. The van der Waals surface area contributed by atoms with Gasteiger partial charge in [0.25, 0.3) is 5.91 Å². The van der Waals surface area contributed by atoms with Crippen LogP contribution < -0.4 is 21.3 Å². The minimum Gasteiger partial charge on any atom is -0.508 e. The smallest absolute Gasteiger partial charge is 0.347 e. The number of fused-ring (bicyclic) bond motifs is 1. The first-order valence-electron chi connectivity index (χ1n) is 11.9. The lowest BCUT2D eigenvalue weighted by Crippen LogP contribution is -2.54. The summed E-state index contributed by atoms with van der Waals surface area (Å²) in [5.74, 6) is 3.77. The number of hydrogen-bond acceptors (Lipinski definition) is 7. The molecule has 1 heterocycles. The molecule has 0 saturated carbocycles. The summed E-state index contributed by atoms with van der Waals surface area (Å²) >= 11 is 0. The Balaban J connectivity index is 1.49. The average molecular weight is 517 g/mol. The molecule has 0 aliphatic rings. The van der Waals surface area contributed by atoms with Gasteiger partial charge in [0.15, 0.2) is 6.61 Å². The van der Waals surface area contributed by atoms with Gasteiger partial charge in [0.2, 0.25) is 5.91 Å². The summed E-state index contributed by atoms with van der Waals surface area (Å²) in [4.78, 5) is 46.1. The highest BCUT2D eigenvalue weighted by molar-refractivity contribution is 5.92. The lowest BCUT2D eigenvalue weighted by atomic mass is 10.0. The molecule has 10 nitrogen and oxygen atoms in total. The molecule has 0 radical (unpaired) electrons. The van der Waals surface area contributed by atoms with Gasteiger partial charge < -0.3 is 30.3 Å². The molecule has 0 aliphatic heterocycles. The van der Waals surface area contributed by atoms with Crippen LogP contribution in [0.3, 0.4) is 0 Å². The zero-order valence-electron chi connectivity index (χ0n) is 20.4. The van der Waals surface area contributed by atoms with E-state index in [2.05, 4.69) is 20.5 Å². The molecule has 0 saturated heterocycles. The number of rotatable bonds is 11. The van der Waals surface area contributed by atoms with Gasteiger partial charge in [-0.2, -0.15) is 5.90 Å². The van der Waals surface area contributed by atoms with E-state index in [1.165, 1.54) is 12.1 Å². The van der Waals surface area contributed by atoms with E-state index in [1.54, 1.807) is 42.6 Å². The molecule has 10 heteroatoms. The van der Waals surface area contributed by atoms with Gasteiger partial charge in [-0.05, 0) is 41.5 Å². The summed E-state index contributed by atoms with van der Waals surface area (Å²) in [7, 11) is 0. The topological polar surface area (TPSA) is 156 Å². The predicted octanol–water partition coefficient (Wildman–Crippen LogP) is 2.12. The van der Waals surface area contributed by atoms with Gasteiger partial charge >= 0.3 is 5.97 Å². The van der Waals surface area contributed by atoms with E-state index >= 15 is 0 Å². The van der Waals surface area contributed by atoms with Crippen molar-refractivity contribution in [3.63, 3.8) is 0 Å². The van der Waals surface area contributed by atoms with Crippen molar-refractivity contribution in [3.8, 4) is 11.5 Å². The number of phenolic OH excluding ortho intramolecular Hbond substituents is 1. The van der Waals surface area contributed by atoms with E-state index in [1.807, 2.05) is 30.3 Å². The van der Waals surface area contributed by atoms with Crippen molar-refractivity contribution < 1.29 is 29.1 Å². The largest absolute Gasteiger partial charge is 0.508 e. The summed E-state index contributed by atoms with van der Waals surface area (Å²) in [5, 5.41) is 15.8. The van der Waals surface area contributed by atoms with Crippen LogP contribution in [-0.4, -0.2) is 46.6 Å². The van der Waals surface area contributed by atoms with Gasteiger partial charge in [-0.1, -0.05) is 48.5 Å². The van der Waals surface area contributed by atoms with Crippen molar-refractivity contribution >= 4 is 28.7 Å². The third-order valence-corrected chi connectivity index (χ3v) is 5.96. The van der Waals surface area contributed by atoms with E-state index in [9.17, 15) is 19.5 Å². The highest BCUT2D eigenvalue weighted by Gasteiger charge is 2.29. The Bertz CT molecular complexity index is 1390. The summed E-state index contributed by atoms with van der Waals surface area (Å²) < 4.78 is 5.49. The predicted molar refractivity (Wildman–Crippen MR) is 140 cm³/mol. The minimum atomic E-state index is -1.11. The number of aromatic nitrogens is 1. The zero-order chi connectivity index (χ0) is 26.9. The fraction of sp³-hybridized carbons (Fsp3) is 0.179. The van der Waals surface area contributed by atoms with Gasteiger partial charge in [-0.3, -0.25) is 9.59 Å². The molecule has 0 fully saturated rings. The molecule has 3 aromatic carbocycles. The number of ether oxygens (including phenoxy) is 1. The number of aromatic amines is 1. The number of hydrogen-bond donors (Lipinski definition) is 5. The summed E-state index contributed by atoms with van der Waals surface area (Å²) in [6, 6.07) is 20.4. The van der Waals surface area contributed by atoms with Gasteiger partial charge in [-0.15, -0.1) is 0 Å². The number of carbonyl (C=O) groups excluding carboxylic acids is 3. The van der Waals surface area contributed by atoms with Gasteiger partial charge in [0.05, 0.1) is 0 Å². The lowest BCUT2D eigenvalue weighted by Gasteiger charge is -2.22. The third kappa shape index (κ3) is 6.89. The molecular weight excluding hydrogens is 488 g/mol. The van der Waals surface area contributed by atoms with Crippen LogP contribution in [0, 0.1) is 0 Å². The monoisotopic (exact) mass is 516 g/mol. The fourth-order valence-electron chi connectivity index (χ4n) is 4.05. The molecule has 1 aromatic heterocycles. The standard InChI is InChI=1S/C28H28N4O6/c29-38-28(36)25(15-19-16-30-23-9-5-4-8-22(19)23)32-27(35)24(14-18-10-12-20(33)13-11-18)31-26(34)17-37-21-6-2-1-3-7-21/h1-13,16,24-25,30,33H,14-15,17,29H2,(H,31,34)(H,32,35). The Labute approximate surface area is 218 Å². The molecule has 2 amide bonds. The molecule has 4 rings (SSSR count). The molecule has 196 valence electrons. The number of benzene rings is 3. The number of amides is 2. The van der Waals surface area contributed by atoms with Crippen LogP contribution in [0.1, 0.15) is 11.1 Å². The number of aromatic hydroxyl groups is 1. The Morgan fingerprint density at radius 3 is 2.32 bits per heavy atom. The summed E-state index contributed by atoms with van der Waals surface area (Å²) in [6.07, 6.45) is 1.97. The second-order valence-corrected chi connectivity index (χ2v) is 8.65. The minimum absolute atomic E-state index is 0.0690. The van der Waals surface area contributed by atoms with Crippen LogP contribution in [0.5, 0.6) is 11.5 Å². The number of nitrogens with two attached hydrogens (primary N) is 1. The molecule has 6 N–H and O–H groups in total. The molecule has 2 unspecified atom stereocenters. The van der Waals surface area contributed by atoms with Crippen molar-refractivity contribution in [2.75, 3.05) is 6.61 Å². The summed E-state index contributed by atoms with van der Waals surface area (Å²) in [6.45, 7) is -0.313. The second-order valence-electron chi connectivity index (χ2n) is 8.65. The molecule has 0 bridgehead atoms. The van der Waals surface area contributed by atoms with Crippen molar-refractivity contribution in [1.82, 2.24) is 15.6 Å². The van der Waals surface area contributed by atoms with Gasteiger partial charge in [0, 0.05) is 29.9 Å². The highest BCUT2D eigenvalue weighted by Crippen LogP contribution is 2.19. The van der Waals surface area contributed by atoms with E-state index < -0.39 is 29.9 Å². The molecule has 0 aliphatic carbocycles. The first kappa shape index (κ1) is 26.2. The molecule has 4 aromatic rings. The van der Waals surface area contributed by atoms with Crippen molar-refractivity contribution in [1.29, 1.82) is 0 Å². The first-order valence-corrected chi connectivity index (χ1v) is 11.9.